The van der Waals surface area contributed by atoms with Gasteiger partial charge in [-0.15, -0.1) is 0 Å². The molecule has 1 saturated carbocycles. The van der Waals surface area contributed by atoms with Gasteiger partial charge in [0.15, 0.2) is 0 Å². The number of hydrogen-bond donors (Lipinski definition) is 1. The minimum absolute atomic E-state index is 0.306. The van der Waals surface area contributed by atoms with E-state index in [0.29, 0.717) is 17.9 Å². The molecule has 3 aliphatic heterocycles. The highest BCUT2D eigenvalue weighted by Gasteiger charge is 2.32. The molecule has 1 aliphatic carbocycles. The average molecular weight is 237 g/mol. The molecule has 0 radical (unpaired) electrons. The van der Waals surface area contributed by atoms with E-state index in [1.54, 1.807) is 0 Å². The lowest BCUT2D eigenvalue weighted by Crippen LogP contribution is -2.63. The average Bonchev–Trinajstić information content (AvgIpc) is 2.91. The molecular formula is C13H23N3O. The van der Waals surface area contributed by atoms with E-state index in [1.165, 1.54) is 39.0 Å². The molecule has 0 aromatic rings. The number of piperazine rings is 3. The first kappa shape index (κ1) is 11.5. The number of hydrogen-bond acceptors (Lipinski definition) is 3. The minimum atomic E-state index is 0.306. The highest BCUT2D eigenvalue weighted by Crippen LogP contribution is 2.24. The molecule has 0 aromatic heterocycles. The monoisotopic (exact) mass is 237 g/mol. The first-order valence-corrected chi connectivity index (χ1v) is 7.07. The minimum Gasteiger partial charge on any atom is -0.354 e. The second-order valence-electron chi connectivity index (χ2n) is 5.72. The van der Waals surface area contributed by atoms with Crippen LogP contribution in [0.25, 0.3) is 0 Å². The summed E-state index contributed by atoms with van der Waals surface area (Å²) < 4.78 is 0. The molecule has 4 heteroatoms. The third kappa shape index (κ3) is 2.47. The Morgan fingerprint density at radius 3 is 2.41 bits per heavy atom. The maximum atomic E-state index is 12.0. The van der Waals surface area contributed by atoms with Crippen molar-refractivity contribution < 1.29 is 4.79 Å². The van der Waals surface area contributed by atoms with Gasteiger partial charge in [0.2, 0.25) is 5.91 Å². The molecular weight excluding hydrogens is 214 g/mol. The highest BCUT2D eigenvalue weighted by atomic mass is 16.1. The van der Waals surface area contributed by atoms with Crippen molar-refractivity contribution in [3.8, 4) is 0 Å². The van der Waals surface area contributed by atoms with Crippen molar-refractivity contribution in [3.05, 3.63) is 0 Å². The fourth-order valence-corrected chi connectivity index (χ4v) is 3.47. The number of carbonyl (C=O) groups excluding carboxylic acids is 1. The quantitative estimate of drug-likeness (QED) is 0.766. The summed E-state index contributed by atoms with van der Waals surface area (Å²) in [6.45, 7) is 6.80. The van der Waals surface area contributed by atoms with Gasteiger partial charge in [-0.3, -0.25) is 14.6 Å². The Morgan fingerprint density at radius 2 is 1.82 bits per heavy atom. The lowest BCUT2D eigenvalue weighted by molar-refractivity contribution is -0.125. The maximum Gasteiger partial charge on any atom is 0.223 e. The molecule has 1 unspecified atom stereocenters. The van der Waals surface area contributed by atoms with Gasteiger partial charge in [-0.25, -0.2) is 0 Å². The van der Waals surface area contributed by atoms with Crippen LogP contribution in [0, 0.1) is 5.92 Å². The van der Waals surface area contributed by atoms with E-state index in [2.05, 4.69) is 15.1 Å². The summed E-state index contributed by atoms with van der Waals surface area (Å²) in [4.78, 5) is 17.0. The van der Waals surface area contributed by atoms with Crippen LogP contribution >= 0.6 is 0 Å². The third-order valence-corrected chi connectivity index (χ3v) is 4.63. The van der Waals surface area contributed by atoms with E-state index in [9.17, 15) is 4.79 Å². The zero-order chi connectivity index (χ0) is 11.7. The first-order chi connectivity index (χ1) is 8.33. The number of fused-ring (bicyclic) bond motifs is 3. The molecule has 1 atom stereocenters. The van der Waals surface area contributed by atoms with Gasteiger partial charge >= 0.3 is 0 Å². The van der Waals surface area contributed by atoms with Crippen molar-refractivity contribution in [1.29, 1.82) is 0 Å². The highest BCUT2D eigenvalue weighted by molar-refractivity contribution is 5.78. The zero-order valence-corrected chi connectivity index (χ0v) is 10.5. The summed E-state index contributed by atoms with van der Waals surface area (Å²) in [7, 11) is 0. The second kappa shape index (κ2) is 4.94. The van der Waals surface area contributed by atoms with Crippen LogP contribution in [-0.4, -0.2) is 61.0 Å². The summed E-state index contributed by atoms with van der Waals surface area (Å²) in [5.74, 6) is 0.617. The smallest absolute Gasteiger partial charge is 0.223 e. The molecule has 0 aromatic carbocycles. The van der Waals surface area contributed by atoms with E-state index in [0.717, 1.165) is 25.9 Å². The SMILES string of the molecule is O=C(NCC1CN2CCN1CC2)C1CCCC1. The van der Waals surface area contributed by atoms with Crippen LogP contribution < -0.4 is 5.32 Å². The summed E-state index contributed by atoms with van der Waals surface area (Å²) in [5, 5.41) is 3.17. The summed E-state index contributed by atoms with van der Waals surface area (Å²) >= 11 is 0. The van der Waals surface area contributed by atoms with Gasteiger partial charge in [-0.1, -0.05) is 12.8 Å². The Kier molecular flexibility index (Phi) is 3.34. The van der Waals surface area contributed by atoms with Crippen molar-refractivity contribution in [2.75, 3.05) is 39.3 Å². The molecule has 1 N–H and O–H groups in total. The van der Waals surface area contributed by atoms with Crippen molar-refractivity contribution in [3.63, 3.8) is 0 Å². The van der Waals surface area contributed by atoms with Crippen LogP contribution in [0.2, 0.25) is 0 Å². The topological polar surface area (TPSA) is 35.6 Å². The molecule has 3 saturated heterocycles. The van der Waals surface area contributed by atoms with Crippen molar-refractivity contribution in [2.24, 2.45) is 5.92 Å². The number of rotatable bonds is 3. The summed E-state index contributed by atoms with van der Waals surface area (Å²) in [6, 6.07) is 0.558. The Bertz CT molecular complexity index is 280. The largest absolute Gasteiger partial charge is 0.354 e. The van der Waals surface area contributed by atoms with E-state index >= 15 is 0 Å². The van der Waals surface area contributed by atoms with Gasteiger partial charge in [-0.2, -0.15) is 0 Å². The van der Waals surface area contributed by atoms with Gasteiger partial charge in [0.05, 0.1) is 0 Å². The van der Waals surface area contributed by atoms with E-state index in [-0.39, 0.29) is 0 Å². The van der Waals surface area contributed by atoms with E-state index in [4.69, 9.17) is 0 Å². The fraction of sp³-hybridized carbons (Fsp3) is 0.923. The molecule has 1 amide bonds. The van der Waals surface area contributed by atoms with Crippen molar-refractivity contribution in [1.82, 2.24) is 15.1 Å². The lowest BCUT2D eigenvalue weighted by Gasteiger charge is -2.47. The molecule has 3 heterocycles. The van der Waals surface area contributed by atoms with Gasteiger partial charge < -0.3 is 5.32 Å². The van der Waals surface area contributed by atoms with Gasteiger partial charge in [-0.05, 0) is 12.8 Å². The molecule has 2 bridgehead atoms. The van der Waals surface area contributed by atoms with Gasteiger partial charge in [0.1, 0.15) is 0 Å². The standard InChI is InChI=1S/C13H23N3O/c17-13(11-3-1-2-4-11)14-9-12-10-15-5-7-16(12)8-6-15/h11-12H,1-10H2,(H,14,17). The molecule has 0 spiro atoms. The number of nitrogens with one attached hydrogen (secondary N) is 1. The predicted molar refractivity (Wildman–Crippen MR) is 66.8 cm³/mol. The van der Waals surface area contributed by atoms with Crippen LogP contribution in [0.1, 0.15) is 25.7 Å². The van der Waals surface area contributed by atoms with Crippen LogP contribution in [0.4, 0.5) is 0 Å². The maximum absolute atomic E-state index is 12.0. The normalized spacial score (nSPS) is 37.3. The molecule has 96 valence electrons. The van der Waals surface area contributed by atoms with Crippen LogP contribution in [0.3, 0.4) is 0 Å². The Balaban J connectivity index is 1.46. The number of amides is 1. The Hall–Kier alpha value is -0.610. The van der Waals surface area contributed by atoms with Crippen LogP contribution in [0.5, 0.6) is 0 Å². The molecule has 4 nitrogen and oxygen atoms in total. The predicted octanol–water partition coefficient (Wildman–Crippen LogP) is 0.293. The first-order valence-electron chi connectivity index (χ1n) is 7.07. The lowest BCUT2D eigenvalue weighted by atomic mass is 10.1. The second-order valence-corrected chi connectivity index (χ2v) is 5.72. The molecule has 4 fully saturated rings. The summed E-state index contributed by atoms with van der Waals surface area (Å²) in [5.41, 5.74) is 0. The zero-order valence-electron chi connectivity index (χ0n) is 10.5. The number of carbonyl (C=O) groups is 1. The van der Waals surface area contributed by atoms with E-state index < -0.39 is 0 Å². The Labute approximate surface area is 103 Å². The molecule has 4 aliphatic rings. The van der Waals surface area contributed by atoms with Crippen LogP contribution in [-0.2, 0) is 4.79 Å². The third-order valence-electron chi connectivity index (χ3n) is 4.63. The van der Waals surface area contributed by atoms with E-state index in [1.807, 2.05) is 0 Å². The summed E-state index contributed by atoms with van der Waals surface area (Å²) in [6.07, 6.45) is 4.68. The van der Waals surface area contributed by atoms with Crippen molar-refractivity contribution in [2.45, 2.75) is 31.7 Å². The molecule has 17 heavy (non-hydrogen) atoms. The Morgan fingerprint density at radius 1 is 1.12 bits per heavy atom. The van der Waals surface area contributed by atoms with Crippen LogP contribution in [0.15, 0.2) is 0 Å². The number of nitrogens with zero attached hydrogens (tertiary/aromatic N) is 2. The van der Waals surface area contributed by atoms with Crippen molar-refractivity contribution >= 4 is 5.91 Å². The fourth-order valence-electron chi connectivity index (χ4n) is 3.47. The van der Waals surface area contributed by atoms with Gasteiger partial charge in [0.25, 0.3) is 0 Å². The molecule has 4 rings (SSSR count). The van der Waals surface area contributed by atoms with Gasteiger partial charge in [0, 0.05) is 51.2 Å².